The van der Waals surface area contributed by atoms with E-state index in [9.17, 15) is 0 Å². The van der Waals surface area contributed by atoms with E-state index in [-0.39, 0.29) is 0 Å². The molecule has 0 radical (unpaired) electrons. The number of H-pyrrole nitrogens is 1. The molecule has 0 amide bonds. The second-order valence-electron chi connectivity index (χ2n) is 4.71. The van der Waals surface area contributed by atoms with E-state index in [0.29, 0.717) is 5.92 Å². The fourth-order valence-corrected chi connectivity index (χ4v) is 2.68. The van der Waals surface area contributed by atoms with Gasteiger partial charge < -0.3 is 5.32 Å². The molecule has 0 bridgehead atoms. The SMILES string of the molecule is Cc1cc2cn[nH]c2cc1C1CCCNC1. The van der Waals surface area contributed by atoms with Gasteiger partial charge in [0.15, 0.2) is 0 Å². The molecule has 1 aliphatic heterocycles. The highest BCUT2D eigenvalue weighted by Crippen LogP contribution is 2.28. The number of aromatic nitrogens is 2. The van der Waals surface area contributed by atoms with Gasteiger partial charge in [0.2, 0.25) is 0 Å². The van der Waals surface area contributed by atoms with Crippen molar-refractivity contribution in [3.8, 4) is 0 Å². The second kappa shape index (κ2) is 3.91. The van der Waals surface area contributed by atoms with Crippen molar-refractivity contribution in [1.82, 2.24) is 15.5 Å². The Balaban J connectivity index is 2.03. The van der Waals surface area contributed by atoms with Crippen LogP contribution >= 0.6 is 0 Å². The average Bonchev–Trinajstić information content (AvgIpc) is 2.76. The normalized spacial score (nSPS) is 21.4. The topological polar surface area (TPSA) is 40.7 Å². The fourth-order valence-electron chi connectivity index (χ4n) is 2.68. The number of rotatable bonds is 1. The lowest BCUT2D eigenvalue weighted by Crippen LogP contribution is -2.28. The molecule has 3 rings (SSSR count). The van der Waals surface area contributed by atoms with Crippen molar-refractivity contribution in [1.29, 1.82) is 0 Å². The van der Waals surface area contributed by atoms with Crippen LogP contribution in [0.15, 0.2) is 18.3 Å². The first-order valence-corrected chi connectivity index (χ1v) is 5.99. The number of aryl methyl sites for hydroxylation is 1. The number of hydrogen-bond donors (Lipinski definition) is 2. The van der Waals surface area contributed by atoms with Gasteiger partial charge in [0.1, 0.15) is 0 Å². The maximum absolute atomic E-state index is 4.09. The molecule has 1 saturated heterocycles. The van der Waals surface area contributed by atoms with E-state index in [1.165, 1.54) is 35.9 Å². The van der Waals surface area contributed by atoms with Gasteiger partial charge in [-0.1, -0.05) is 0 Å². The van der Waals surface area contributed by atoms with Crippen LogP contribution in [-0.4, -0.2) is 23.3 Å². The lowest BCUT2D eigenvalue weighted by Gasteiger charge is -2.24. The first kappa shape index (κ1) is 9.85. The Morgan fingerprint density at radius 3 is 3.12 bits per heavy atom. The molecule has 3 nitrogen and oxygen atoms in total. The van der Waals surface area contributed by atoms with Crippen LogP contribution in [0.4, 0.5) is 0 Å². The van der Waals surface area contributed by atoms with Crippen LogP contribution in [0.3, 0.4) is 0 Å². The lowest BCUT2D eigenvalue weighted by molar-refractivity contribution is 0.460. The monoisotopic (exact) mass is 215 g/mol. The van der Waals surface area contributed by atoms with E-state index in [4.69, 9.17) is 0 Å². The molecule has 3 heteroatoms. The van der Waals surface area contributed by atoms with Crippen LogP contribution in [0.1, 0.15) is 29.9 Å². The van der Waals surface area contributed by atoms with E-state index in [1.807, 2.05) is 6.20 Å². The van der Waals surface area contributed by atoms with Crippen LogP contribution < -0.4 is 5.32 Å². The minimum atomic E-state index is 0.668. The van der Waals surface area contributed by atoms with Crippen LogP contribution in [-0.2, 0) is 0 Å². The predicted octanol–water partition coefficient (Wildman–Crippen LogP) is 2.34. The first-order valence-electron chi connectivity index (χ1n) is 5.99. The summed E-state index contributed by atoms with van der Waals surface area (Å²) < 4.78 is 0. The summed E-state index contributed by atoms with van der Waals surface area (Å²) in [6.45, 7) is 4.48. The van der Waals surface area contributed by atoms with E-state index >= 15 is 0 Å². The lowest BCUT2D eigenvalue weighted by atomic mass is 9.88. The van der Waals surface area contributed by atoms with Gasteiger partial charge in [0, 0.05) is 11.9 Å². The predicted molar refractivity (Wildman–Crippen MR) is 65.7 cm³/mol. The number of nitrogens with zero attached hydrogens (tertiary/aromatic N) is 1. The van der Waals surface area contributed by atoms with Crippen molar-refractivity contribution in [2.45, 2.75) is 25.7 Å². The molecule has 2 N–H and O–H groups in total. The molecule has 1 aromatic carbocycles. The van der Waals surface area contributed by atoms with Crippen LogP contribution in [0.2, 0.25) is 0 Å². The van der Waals surface area contributed by atoms with Crippen LogP contribution in [0, 0.1) is 6.92 Å². The molecular formula is C13H17N3. The molecule has 84 valence electrons. The molecule has 1 aliphatic rings. The Morgan fingerprint density at radius 1 is 1.38 bits per heavy atom. The standard InChI is InChI=1S/C13H17N3/c1-9-5-11-8-15-16-13(11)6-12(9)10-3-2-4-14-7-10/h5-6,8,10,14H,2-4,7H2,1H3,(H,15,16). The number of hydrogen-bond acceptors (Lipinski definition) is 2. The van der Waals surface area contributed by atoms with Gasteiger partial charge in [-0.3, -0.25) is 5.10 Å². The molecule has 16 heavy (non-hydrogen) atoms. The summed E-state index contributed by atoms with van der Waals surface area (Å²) in [4.78, 5) is 0. The smallest absolute Gasteiger partial charge is 0.0653 e. The molecule has 0 spiro atoms. The van der Waals surface area contributed by atoms with Crippen molar-refractivity contribution >= 4 is 10.9 Å². The van der Waals surface area contributed by atoms with Crippen molar-refractivity contribution in [3.63, 3.8) is 0 Å². The summed E-state index contributed by atoms with van der Waals surface area (Å²) in [6.07, 6.45) is 4.48. The maximum Gasteiger partial charge on any atom is 0.0653 e. The van der Waals surface area contributed by atoms with Gasteiger partial charge in [0.05, 0.1) is 11.7 Å². The summed E-state index contributed by atoms with van der Waals surface area (Å²) in [5.41, 5.74) is 4.03. The summed E-state index contributed by atoms with van der Waals surface area (Å²) in [5, 5.41) is 11.8. The van der Waals surface area contributed by atoms with Crippen molar-refractivity contribution in [3.05, 3.63) is 29.5 Å². The Morgan fingerprint density at radius 2 is 2.31 bits per heavy atom. The Kier molecular flexibility index (Phi) is 2.40. The number of aromatic amines is 1. The maximum atomic E-state index is 4.09. The first-order chi connectivity index (χ1) is 7.84. The van der Waals surface area contributed by atoms with Gasteiger partial charge in [-0.25, -0.2) is 0 Å². The highest BCUT2D eigenvalue weighted by molar-refractivity contribution is 5.79. The van der Waals surface area contributed by atoms with Gasteiger partial charge in [-0.05, 0) is 55.5 Å². The van der Waals surface area contributed by atoms with Crippen LogP contribution in [0.25, 0.3) is 10.9 Å². The van der Waals surface area contributed by atoms with E-state index < -0.39 is 0 Å². The molecule has 2 heterocycles. The summed E-state index contributed by atoms with van der Waals surface area (Å²) in [5.74, 6) is 0.668. The molecule has 2 aromatic rings. The third kappa shape index (κ3) is 1.61. The molecule has 1 aromatic heterocycles. The second-order valence-corrected chi connectivity index (χ2v) is 4.71. The molecular weight excluding hydrogens is 198 g/mol. The highest BCUT2D eigenvalue weighted by atomic mass is 15.1. The molecule has 0 saturated carbocycles. The number of nitrogens with one attached hydrogen (secondary N) is 2. The molecule has 1 atom stereocenters. The number of fused-ring (bicyclic) bond motifs is 1. The number of benzene rings is 1. The van der Waals surface area contributed by atoms with Crippen molar-refractivity contribution < 1.29 is 0 Å². The zero-order valence-corrected chi connectivity index (χ0v) is 9.59. The third-order valence-corrected chi connectivity index (χ3v) is 3.56. The van der Waals surface area contributed by atoms with Gasteiger partial charge in [-0.2, -0.15) is 5.10 Å². The fraction of sp³-hybridized carbons (Fsp3) is 0.462. The van der Waals surface area contributed by atoms with Gasteiger partial charge >= 0.3 is 0 Å². The van der Waals surface area contributed by atoms with Crippen molar-refractivity contribution in [2.75, 3.05) is 13.1 Å². The van der Waals surface area contributed by atoms with Gasteiger partial charge in [-0.15, -0.1) is 0 Å². The van der Waals surface area contributed by atoms with E-state index in [0.717, 1.165) is 12.1 Å². The van der Waals surface area contributed by atoms with Crippen molar-refractivity contribution in [2.24, 2.45) is 0 Å². The Labute approximate surface area is 95.2 Å². The third-order valence-electron chi connectivity index (χ3n) is 3.56. The van der Waals surface area contributed by atoms with E-state index in [1.54, 1.807) is 0 Å². The molecule has 1 fully saturated rings. The largest absolute Gasteiger partial charge is 0.316 e. The summed E-state index contributed by atoms with van der Waals surface area (Å²) in [6, 6.07) is 4.51. The minimum absolute atomic E-state index is 0.668. The zero-order valence-electron chi connectivity index (χ0n) is 9.59. The minimum Gasteiger partial charge on any atom is -0.316 e. The average molecular weight is 215 g/mol. The summed E-state index contributed by atoms with van der Waals surface area (Å²) >= 11 is 0. The van der Waals surface area contributed by atoms with E-state index in [2.05, 4.69) is 34.6 Å². The Bertz CT molecular complexity index is 495. The summed E-state index contributed by atoms with van der Waals surface area (Å²) in [7, 11) is 0. The van der Waals surface area contributed by atoms with Crippen LogP contribution in [0.5, 0.6) is 0 Å². The zero-order chi connectivity index (χ0) is 11.0. The molecule has 0 aliphatic carbocycles. The number of piperidine rings is 1. The van der Waals surface area contributed by atoms with Gasteiger partial charge in [0.25, 0.3) is 0 Å². The highest BCUT2D eigenvalue weighted by Gasteiger charge is 2.17. The Hall–Kier alpha value is -1.35. The molecule has 1 unspecified atom stereocenters. The quantitative estimate of drug-likeness (QED) is 0.766.